The Morgan fingerprint density at radius 3 is 2.37 bits per heavy atom. The number of hydrogen-bond donors (Lipinski definition) is 3. The summed E-state index contributed by atoms with van der Waals surface area (Å²) in [4.78, 5) is 11.1. The predicted octanol–water partition coefficient (Wildman–Crippen LogP) is 2.35. The molecule has 0 atom stereocenters. The van der Waals surface area contributed by atoms with Crippen LogP contribution in [-0.2, 0) is 10.2 Å². The maximum Gasteiger partial charge on any atom is 0.337 e. The molecule has 0 heterocycles. The van der Waals surface area contributed by atoms with Crippen LogP contribution in [0.3, 0.4) is 0 Å². The molecule has 0 fully saturated rings. The van der Waals surface area contributed by atoms with Crippen LogP contribution < -0.4 is 9.44 Å². The fraction of sp³-hybridized carbons (Fsp3) is 0.300. The van der Waals surface area contributed by atoms with Crippen molar-refractivity contribution in [2.24, 2.45) is 0 Å². The van der Waals surface area contributed by atoms with E-state index in [1.165, 1.54) is 6.07 Å². The zero-order chi connectivity index (χ0) is 14.8. The normalized spacial score (nSPS) is 11.6. The molecule has 0 radical (unpaired) electrons. The van der Waals surface area contributed by atoms with Crippen LogP contribution in [0.2, 0.25) is 10.0 Å². The maximum absolute atomic E-state index is 11.7. The second kappa shape index (κ2) is 5.96. The highest BCUT2D eigenvalue weighted by Crippen LogP contribution is 2.30. The molecule has 1 aromatic rings. The fourth-order valence-corrected chi connectivity index (χ4v) is 3.08. The van der Waals surface area contributed by atoms with Crippen LogP contribution in [-0.4, -0.2) is 25.5 Å². The summed E-state index contributed by atoms with van der Waals surface area (Å²) in [5.41, 5.74) is -0.557. The summed E-state index contributed by atoms with van der Waals surface area (Å²) in [6.07, 6.45) is 0. The molecule has 0 amide bonds. The van der Waals surface area contributed by atoms with Gasteiger partial charge >= 0.3 is 5.97 Å². The van der Waals surface area contributed by atoms with Crippen molar-refractivity contribution in [2.45, 2.75) is 19.9 Å². The first kappa shape index (κ1) is 16.0. The summed E-state index contributed by atoms with van der Waals surface area (Å²) in [5, 5.41) is 9.02. The number of nitrogens with one attached hydrogen (secondary N) is 2. The first-order chi connectivity index (χ1) is 8.62. The van der Waals surface area contributed by atoms with Gasteiger partial charge in [-0.3, -0.25) is 4.72 Å². The molecule has 6 nitrogen and oxygen atoms in total. The largest absolute Gasteiger partial charge is 0.478 e. The molecule has 106 valence electrons. The second-order valence-electron chi connectivity index (χ2n) is 3.99. The van der Waals surface area contributed by atoms with E-state index in [-0.39, 0.29) is 27.3 Å². The molecule has 0 saturated heterocycles. The highest BCUT2D eigenvalue weighted by atomic mass is 35.5. The number of anilines is 1. The van der Waals surface area contributed by atoms with Gasteiger partial charge in [0.2, 0.25) is 0 Å². The number of halogens is 2. The van der Waals surface area contributed by atoms with Gasteiger partial charge in [-0.15, -0.1) is 0 Å². The minimum absolute atomic E-state index is 0.0981. The van der Waals surface area contributed by atoms with Gasteiger partial charge in [0, 0.05) is 11.1 Å². The average molecular weight is 327 g/mol. The number of benzene rings is 1. The Balaban J connectivity index is 3.24. The number of carboxylic acids is 1. The van der Waals surface area contributed by atoms with E-state index in [2.05, 4.69) is 9.44 Å². The first-order valence-corrected chi connectivity index (χ1v) is 7.38. The Morgan fingerprint density at radius 2 is 1.89 bits per heavy atom. The van der Waals surface area contributed by atoms with Gasteiger partial charge in [0.25, 0.3) is 10.2 Å². The quantitative estimate of drug-likeness (QED) is 0.773. The molecular weight excluding hydrogens is 315 g/mol. The van der Waals surface area contributed by atoms with Crippen LogP contribution in [0.1, 0.15) is 24.2 Å². The van der Waals surface area contributed by atoms with E-state index in [0.29, 0.717) is 0 Å². The molecule has 19 heavy (non-hydrogen) atoms. The van der Waals surface area contributed by atoms with Gasteiger partial charge in [0.1, 0.15) is 0 Å². The topological polar surface area (TPSA) is 95.5 Å². The van der Waals surface area contributed by atoms with Gasteiger partial charge < -0.3 is 5.11 Å². The van der Waals surface area contributed by atoms with Gasteiger partial charge in [-0.25, -0.2) is 4.79 Å². The van der Waals surface area contributed by atoms with E-state index < -0.39 is 16.2 Å². The zero-order valence-corrected chi connectivity index (χ0v) is 12.4. The summed E-state index contributed by atoms with van der Waals surface area (Å²) < 4.78 is 27.8. The number of carboxylic acid groups (broad SMARTS) is 1. The van der Waals surface area contributed by atoms with Crippen molar-refractivity contribution in [1.29, 1.82) is 0 Å². The molecule has 0 saturated carbocycles. The molecule has 0 bridgehead atoms. The molecular formula is C10H12Cl2N2O4S. The fourth-order valence-electron chi connectivity index (χ4n) is 1.32. The number of carbonyl (C=O) groups is 1. The highest BCUT2D eigenvalue weighted by molar-refractivity contribution is 7.90. The molecule has 0 spiro atoms. The lowest BCUT2D eigenvalue weighted by atomic mass is 10.2. The molecule has 0 unspecified atom stereocenters. The van der Waals surface area contributed by atoms with Crippen LogP contribution in [0.25, 0.3) is 0 Å². The van der Waals surface area contributed by atoms with Crippen LogP contribution >= 0.6 is 23.2 Å². The van der Waals surface area contributed by atoms with Crippen LogP contribution in [0.4, 0.5) is 5.69 Å². The van der Waals surface area contributed by atoms with Crippen LogP contribution in [0.15, 0.2) is 12.1 Å². The third-order valence-corrected chi connectivity index (χ3v) is 3.68. The van der Waals surface area contributed by atoms with Crippen LogP contribution in [0.5, 0.6) is 0 Å². The molecule has 9 heteroatoms. The molecule has 1 aromatic carbocycles. The minimum atomic E-state index is -3.92. The standard InChI is InChI=1S/C10H12Cl2N2O4S/c1-5(2)13-19(17,18)14-9-7(10(15)16)3-6(11)4-8(9)12/h3-5,13-14H,1-2H3,(H,15,16). The lowest BCUT2D eigenvalue weighted by molar-refractivity contribution is 0.0698. The van der Waals surface area contributed by atoms with Crippen molar-refractivity contribution in [3.63, 3.8) is 0 Å². The molecule has 0 aliphatic rings. The predicted molar refractivity (Wildman–Crippen MR) is 74.2 cm³/mol. The maximum atomic E-state index is 11.7. The molecule has 1 rings (SSSR count). The van der Waals surface area contributed by atoms with E-state index >= 15 is 0 Å². The molecule has 0 aliphatic heterocycles. The van der Waals surface area contributed by atoms with E-state index in [0.717, 1.165) is 6.07 Å². The third-order valence-electron chi connectivity index (χ3n) is 1.91. The monoisotopic (exact) mass is 326 g/mol. The van der Waals surface area contributed by atoms with E-state index in [1.807, 2.05) is 0 Å². The van der Waals surface area contributed by atoms with Crippen molar-refractivity contribution in [3.05, 3.63) is 27.7 Å². The Labute approximate surface area is 120 Å². The van der Waals surface area contributed by atoms with E-state index in [9.17, 15) is 13.2 Å². The lowest BCUT2D eigenvalue weighted by Crippen LogP contribution is -2.35. The summed E-state index contributed by atoms with van der Waals surface area (Å²) in [5.74, 6) is -1.34. The minimum Gasteiger partial charge on any atom is -0.478 e. The zero-order valence-electron chi connectivity index (χ0n) is 10.1. The van der Waals surface area contributed by atoms with E-state index in [4.69, 9.17) is 28.3 Å². The number of hydrogen-bond acceptors (Lipinski definition) is 3. The van der Waals surface area contributed by atoms with Gasteiger partial charge in [0.05, 0.1) is 16.3 Å². The van der Waals surface area contributed by atoms with Crippen molar-refractivity contribution < 1.29 is 18.3 Å². The lowest BCUT2D eigenvalue weighted by Gasteiger charge is -2.14. The van der Waals surface area contributed by atoms with Crippen LogP contribution in [0, 0.1) is 0 Å². The number of aromatic carboxylic acids is 1. The summed E-state index contributed by atoms with van der Waals surface area (Å²) in [6, 6.07) is 2.02. The van der Waals surface area contributed by atoms with Gasteiger partial charge in [-0.05, 0) is 26.0 Å². The smallest absolute Gasteiger partial charge is 0.337 e. The Hall–Kier alpha value is -1.02. The van der Waals surface area contributed by atoms with Gasteiger partial charge in [0.15, 0.2) is 0 Å². The average Bonchev–Trinajstić information content (AvgIpc) is 2.19. The summed E-state index contributed by atoms with van der Waals surface area (Å²) in [7, 11) is -3.92. The first-order valence-electron chi connectivity index (χ1n) is 5.15. The summed E-state index contributed by atoms with van der Waals surface area (Å²) in [6.45, 7) is 3.25. The number of rotatable bonds is 5. The highest BCUT2D eigenvalue weighted by Gasteiger charge is 2.20. The van der Waals surface area contributed by atoms with Gasteiger partial charge in [-0.1, -0.05) is 23.2 Å². The third kappa shape index (κ3) is 4.54. The van der Waals surface area contributed by atoms with Gasteiger partial charge in [-0.2, -0.15) is 13.1 Å². The van der Waals surface area contributed by atoms with Crippen molar-refractivity contribution in [2.75, 3.05) is 4.72 Å². The summed E-state index contributed by atoms with van der Waals surface area (Å²) >= 11 is 11.5. The molecule has 3 N–H and O–H groups in total. The van der Waals surface area contributed by atoms with E-state index in [1.54, 1.807) is 13.8 Å². The van der Waals surface area contributed by atoms with Crippen molar-refractivity contribution in [3.8, 4) is 0 Å². The Bertz CT molecular complexity index is 602. The van der Waals surface area contributed by atoms with Crippen molar-refractivity contribution >= 4 is 45.1 Å². The SMILES string of the molecule is CC(C)NS(=O)(=O)Nc1c(Cl)cc(Cl)cc1C(=O)O. The molecule has 0 aromatic heterocycles. The molecule has 0 aliphatic carbocycles. The van der Waals surface area contributed by atoms with Crippen molar-refractivity contribution in [1.82, 2.24) is 4.72 Å². The Kier molecular flexibility index (Phi) is 5.03. The Morgan fingerprint density at radius 1 is 1.32 bits per heavy atom. The second-order valence-corrected chi connectivity index (χ2v) is 6.28.